The summed E-state index contributed by atoms with van der Waals surface area (Å²) in [7, 11) is -3.36. The van der Waals surface area contributed by atoms with E-state index in [1.54, 1.807) is 10.4 Å². The third-order valence-corrected chi connectivity index (χ3v) is 8.30. The van der Waals surface area contributed by atoms with Crippen LogP contribution in [0.1, 0.15) is 30.6 Å². The molecule has 1 atom stereocenters. The Hall–Kier alpha value is 0.0500. The molecule has 2 aliphatic rings. The monoisotopic (exact) mass is 392 g/mol. The zero-order chi connectivity index (χ0) is 15.1. The third kappa shape index (κ3) is 3.08. The van der Waals surface area contributed by atoms with E-state index in [1.807, 2.05) is 6.92 Å². The van der Waals surface area contributed by atoms with Gasteiger partial charge in [0, 0.05) is 24.5 Å². The number of halogens is 1. The van der Waals surface area contributed by atoms with Crippen molar-refractivity contribution in [1.29, 1.82) is 0 Å². The van der Waals surface area contributed by atoms with Crippen LogP contribution in [0.5, 0.6) is 0 Å². The quantitative estimate of drug-likeness (QED) is 0.841. The lowest BCUT2D eigenvalue weighted by Crippen LogP contribution is -2.52. The van der Waals surface area contributed by atoms with E-state index >= 15 is 0 Å². The van der Waals surface area contributed by atoms with E-state index in [-0.39, 0.29) is 5.41 Å². The minimum atomic E-state index is -3.36. The van der Waals surface area contributed by atoms with Gasteiger partial charge in [0.05, 0.1) is 8.68 Å². The summed E-state index contributed by atoms with van der Waals surface area (Å²) in [5, 5.41) is 3.45. The summed E-state index contributed by atoms with van der Waals surface area (Å²) in [4.78, 5) is 1.34. The van der Waals surface area contributed by atoms with E-state index in [4.69, 9.17) is 0 Å². The smallest absolute Gasteiger partial charge is 0.244 e. The van der Waals surface area contributed by atoms with Gasteiger partial charge < -0.3 is 5.32 Å². The minimum absolute atomic E-state index is 0.144. The molecule has 3 rings (SSSR count). The molecule has 2 saturated heterocycles. The number of aryl methyl sites for hydroxylation is 1. The molecule has 0 saturated carbocycles. The topological polar surface area (TPSA) is 49.4 Å². The molecule has 1 aromatic heterocycles. The highest BCUT2D eigenvalue weighted by molar-refractivity contribution is 9.11. The van der Waals surface area contributed by atoms with Gasteiger partial charge in [-0.15, -0.1) is 11.3 Å². The standard InChI is InChI=1S/C14H21BrN2O2S2/c1-11-12(8-13(15)20-11)21(18,19)17-7-3-5-14(10-17)4-2-6-16-9-14/h8,16H,2-7,9-10H2,1H3. The van der Waals surface area contributed by atoms with Crippen LogP contribution in [0, 0.1) is 12.3 Å². The molecule has 1 aromatic rings. The molecule has 1 spiro atoms. The fraction of sp³-hybridized carbons (Fsp3) is 0.714. The van der Waals surface area contributed by atoms with E-state index in [9.17, 15) is 8.42 Å². The first-order valence-corrected chi connectivity index (χ1v) is 10.4. The highest BCUT2D eigenvalue weighted by atomic mass is 79.9. The van der Waals surface area contributed by atoms with E-state index in [0.717, 1.165) is 47.4 Å². The summed E-state index contributed by atoms with van der Waals surface area (Å²) in [5.74, 6) is 0. The van der Waals surface area contributed by atoms with Gasteiger partial charge in [0.15, 0.2) is 0 Å². The molecular formula is C14H21BrN2O2S2. The zero-order valence-electron chi connectivity index (χ0n) is 12.2. The number of nitrogens with one attached hydrogen (secondary N) is 1. The average molecular weight is 393 g/mol. The van der Waals surface area contributed by atoms with Crippen LogP contribution in [0.4, 0.5) is 0 Å². The summed E-state index contributed by atoms with van der Waals surface area (Å²) in [6.45, 7) is 5.20. The highest BCUT2D eigenvalue weighted by Crippen LogP contribution is 2.39. The van der Waals surface area contributed by atoms with E-state index in [0.29, 0.717) is 18.0 Å². The largest absolute Gasteiger partial charge is 0.316 e. The first-order valence-electron chi connectivity index (χ1n) is 7.40. The summed E-state index contributed by atoms with van der Waals surface area (Å²) < 4.78 is 28.5. The second kappa shape index (κ2) is 5.92. The fourth-order valence-corrected chi connectivity index (χ4v) is 7.55. The highest BCUT2D eigenvalue weighted by Gasteiger charge is 2.41. The third-order valence-electron chi connectivity index (χ3n) is 4.65. The number of thiophene rings is 1. The van der Waals surface area contributed by atoms with Crippen molar-refractivity contribution in [1.82, 2.24) is 9.62 Å². The maximum atomic E-state index is 12.9. The Balaban J connectivity index is 1.87. The summed E-state index contributed by atoms with van der Waals surface area (Å²) in [6.07, 6.45) is 4.39. The van der Waals surface area contributed by atoms with Crippen molar-refractivity contribution in [2.75, 3.05) is 26.2 Å². The Bertz CT molecular complexity index is 615. The Morgan fingerprint density at radius 3 is 2.76 bits per heavy atom. The van der Waals surface area contributed by atoms with Gasteiger partial charge in [0.25, 0.3) is 0 Å². The Morgan fingerprint density at radius 2 is 2.14 bits per heavy atom. The first kappa shape index (κ1) is 15.9. The molecule has 2 fully saturated rings. The lowest BCUT2D eigenvalue weighted by atomic mass is 9.75. The molecule has 4 nitrogen and oxygen atoms in total. The van der Waals surface area contributed by atoms with Crippen molar-refractivity contribution in [3.8, 4) is 0 Å². The van der Waals surface area contributed by atoms with Crippen LogP contribution >= 0.6 is 27.3 Å². The molecule has 118 valence electrons. The van der Waals surface area contributed by atoms with Gasteiger partial charge in [-0.3, -0.25) is 0 Å². The molecule has 0 bridgehead atoms. The maximum Gasteiger partial charge on any atom is 0.244 e. The molecule has 1 N–H and O–H groups in total. The van der Waals surface area contributed by atoms with Gasteiger partial charge in [0.1, 0.15) is 0 Å². The SMILES string of the molecule is Cc1sc(Br)cc1S(=O)(=O)N1CCCC2(CCCNC2)C1. The van der Waals surface area contributed by atoms with Crippen LogP contribution in [0.3, 0.4) is 0 Å². The maximum absolute atomic E-state index is 12.9. The lowest BCUT2D eigenvalue weighted by molar-refractivity contribution is 0.110. The van der Waals surface area contributed by atoms with Crippen molar-refractivity contribution in [3.63, 3.8) is 0 Å². The van der Waals surface area contributed by atoms with E-state index < -0.39 is 10.0 Å². The van der Waals surface area contributed by atoms with Gasteiger partial charge in [-0.1, -0.05) is 0 Å². The predicted molar refractivity (Wildman–Crippen MR) is 89.3 cm³/mol. The first-order chi connectivity index (χ1) is 9.93. The lowest BCUT2D eigenvalue weighted by Gasteiger charge is -2.44. The molecule has 21 heavy (non-hydrogen) atoms. The minimum Gasteiger partial charge on any atom is -0.316 e. The van der Waals surface area contributed by atoms with Gasteiger partial charge in [-0.2, -0.15) is 4.31 Å². The average Bonchev–Trinajstić information content (AvgIpc) is 2.79. The van der Waals surface area contributed by atoms with Crippen LogP contribution in [-0.4, -0.2) is 38.9 Å². The molecule has 0 aromatic carbocycles. The summed E-state index contributed by atoms with van der Waals surface area (Å²) in [6, 6.07) is 1.75. The van der Waals surface area contributed by atoms with Crippen molar-refractivity contribution in [3.05, 3.63) is 14.7 Å². The number of hydrogen-bond acceptors (Lipinski definition) is 4. The molecule has 7 heteroatoms. The van der Waals surface area contributed by atoms with E-state index in [2.05, 4.69) is 21.2 Å². The molecule has 0 radical (unpaired) electrons. The zero-order valence-corrected chi connectivity index (χ0v) is 15.4. The predicted octanol–water partition coefficient (Wildman–Crippen LogP) is 2.97. The van der Waals surface area contributed by atoms with Gasteiger partial charge in [-0.05, 0) is 66.6 Å². The van der Waals surface area contributed by atoms with Gasteiger partial charge >= 0.3 is 0 Å². The second-order valence-electron chi connectivity index (χ2n) is 6.19. The van der Waals surface area contributed by atoms with Crippen LogP contribution in [0.15, 0.2) is 14.7 Å². The van der Waals surface area contributed by atoms with Crippen LogP contribution in [-0.2, 0) is 10.0 Å². The van der Waals surface area contributed by atoms with Crippen molar-refractivity contribution in [2.24, 2.45) is 5.41 Å². The van der Waals surface area contributed by atoms with Crippen LogP contribution < -0.4 is 5.32 Å². The Labute approximate surface area is 139 Å². The molecule has 0 aliphatic carbocycles. The number of rotatable bonds is 2. The Kier molecular flexibility index (Phi) is 4.49. The molecule has 1 unspecified atom stereocenters. The van der Waals surface area contributed by atoms with Crippen molar-refractivity contribution < 1.29 is 8.42 Å². The van der Waals surface area contributed by atoms with Crippen molar-refractivity contribution in [2.45, 2.75) is 37.5 Å². The summed E-state index contributed by atoms with van der Waals surface area (Å²) in [5.41, 5.74) is 0.144. The Morgan fingerprint density at radius 1 is 1.38 bits per heavy atom. The molecule has 3 heterocycles. The summed E-state index contributed by atoms with van der Waals surface area (Å²) >= 11 is 4.88. The molecule has 0 amide bonds. The number of nitrogens with zero attached hydrogens (tertiary/aromatic N) is 1. The number of hydrogen-bond donors (Lipinski definition) is 1. The number of piperidine rings is 2. The normalized spacial score (nSPS) is 28.1. The van der Waals surface area contributed by atoms with E-state index in [1.165, 1.54) is 11.3 Å². The van der Waals surface area contributed by atoms with Gasteiger partial charge in [-0.25, -0.2) is 8.42 Å². The molecular weight excluding hydrogens is 372 g/mol. The fourth-order valence-electron chi connectivity index (χ4n) is 3.57. The van der Waals surface area contributed by atoms with Gasteiger partial charge in [0.2, 0.25) is 10.0 Å². The second-order valence-corrected chi connectivity index (χ2v) is 10.7. The van der Waals surface area contributed by atoms with Crippen molar-refractivity contribution >= 4 is 37.3 Å². The van der Waals surface area contributed by atoms with Crippen LogP contribution in [0.2, 0.25) is 0 Å². The number of sulfonamides is 1. The molecule has 2 aliphatic heterocycles. The van der Waals surface area contributed by atoms with Crippen LogP contribution in [0.25, 0.3) is 0 Å².